The molecular weight excluding hydrogens is 321 g/mol. The molecule has 25 heavy (non-hydrogen) atoms. The molecule has 1 fully saturated rings. The van der Waals surface area contributed by atoms with E-state index in [9.17, 15) is 9.50 Å². The molecule has 0 aliphatic carbocycles. The summed E-state index contributed by atoms with van der Waals surface area (Å²) in [5.41, 5.74) is 3.63. The summed E-state index contributed by atoms with van der Waals surface area (Å²) in [6.45, 7) is 2.67. The minimum absolute atomic E-state index is 0.283. The Bertz CT molecular complexity index is 910. The van der Waals surface area contributed by atoms with Gasteiger partial charge in [-0.05, 0) is 35.4 Å². The second kappa shape index (κ2) is 6.74. The van der Waals surface area contributed by atoms with Crippen molar-refractivity contribution in [2.45, 2.75) is 6.61 Å². The third kappa shape index (κ3) is 3.18. The second-order valence-electron chi connectivity index (χ2n) is 6.00. The summed E-state index contributed by atoms with van der Waals surface area (Å²) in [5.74, 6) is 0.435. The zero-order chi connectivity index (χ0) is 17.2. The average molecular weight is 339 g/mol. The summed E-state index contributed by atoms with van der Waals surface area (Å²) in [6.07, 6.45) is 1.79. The number of morpholine rings is 1. The van der Waals surface area contributed by atoms with Gasteiger partial charge in [-0.2, -0.15) is 0 Å². The highest BCUT2D eigenvalue weighted by atomic mass is 19.1. The SMILES string of the molecule is OCc1cc(-c2ccc3ncc(N4CCOCC4)nc3c2)ccc1F. The van der Waals surface area contributed by atoms with Crippen LogP contribution in [0, 0.1) is 5.82 Å². The van der Waals surface area contributed by atoms with E-state index in [2.05, 4.69) is 9.88 Å². The zero-order valence-electron chi connectivity index (χ0n) is 13.7. The van der Waals surface area contributed by atoms with Gasteiger partial charge in [0.2, 0.25) is 0 Å². The quantitative estimate of drug-likeness (QED) is 0.795. The summed E-state index contributed by atoms with van der Waals surface area (Å²) < 4.78 is 19.0. The summed E-state index contributed by atoms with van der Waals surface area (Å²) in [5, 5.41) is 9.26. The van der Waals surface area contributed by atoms with Crippen LogP contribution in [0.3, 0.4) is 0 Å². The van der Waals surface area contributed by atoms with Crippen LogP contribution in [0.5, 0.6) is 0 Å². The highest BCUT2D eigenvalue weighted by Crippen LogP contribution is 2.26. The van der Waals surface area contributed by atoms with Crippen molar-refractivity contribution in [2.75, 3.05) is 31.2 Å². The fraction of sp³-hybridized carbons (Fsp3) is 0.263. The van der Waals surface area contributed by atoms with Crippen molar-refractivity contribution < 1.29 is 14.2 Å². The van der Waals surface area contributed by atoms with E-state index >= 15 is 0 Å². The fourth-order valence-electron chi connectivity index (χ4n) is 3.00. The number of aromatic nitrogens is 2. The molecule has 2 heterocycles. The molecule has 0 amide bonds. The lowest BCUT2D eigenvalue weighted by atomic mass is 10.0. The molecule has 0 unspecified atom stereocenters. The van der Waals surface area contributed by atoms with Gasteiger partial charge in [0, 0.05) is 18.7 Å². The van der Waals surface area contributed by atoms with E-state index < -0.39 is 5.82 Å². The molecule has 1 N–H and O–H groups in total. The van der Waals surface area contributed by atoms with Gasteiger partial charge >= 0.3 is 0 Å². The Hall–Kier alpha value is -2.57. The van der Waals surface area contributed by atoms with Crippen LogP contribution in [0.4, 0.5) is 10.2 Å². The van der Waals surface area contributed by atoms with Gasteiger partial charge in [0.05, 0.1) is 37.1 Å². The molecule has 6 heteroatoms. The first-order chi connectivity index (χ1) is 12.2. The summed E-state index contributed by atoms with van der Waals surface area (Å²) in [6, 6.07) is 10.5. The lowest BCUT2D eigenvalue weighted by molar-refractivity contribution is 0.122. The number of halogens is 1. The Morgan fingerprint density at radius 1 is 1.04 bits per heavy atom. The number of benzene rings is 2. The topological polar surface area (TPSA) is 58.5 Å². The Kier molecular flexibility index (Phi) is 4.29. The van der Waals surface area contributed by atoms with E-state index in [0.29, 0.717) is 13.2 Å². The van der Waals surface area contributed by atoms with Gasteiger partial charge in [-0.3, -0.25) is 4.98 Å². The molecule has 1 saturated heterocycles. The van der Waals surface area contributed by atoms with Crippen LogP contribution in [0.2, 0.25) is 0 Å². The Labute approximate surface area is 144 Å². The maximum atomic E-state index is 13.6. The molecule has 128 valence electrons. The number of hydrogen-bond donors (Lipinski definition) is 1. The molecule has 1 aliphatic heterocycles. The van der Waals surface area contributed by atoms with Crippen molar-refractivity contribution in [3.63, 3.8) is 0 Å². The van der Waals surface area contributed by atoms with Crippen molar-refractivity contribution >= 4 is 16.9 Å². The fourth-order valence-corrected chi connectivity index (χ4v) is 3.00. The summed E-state index contributed by atoms with van der Waals surface area (Å²) in [4.78, 5) is 11.4. The minimum atomic E-state index is -0.401. The zero-order valence-corrected chi connectivity index (χ0v) is 13.7. The van der Waals surface area contributed by atoms with E-state index in [4.69, 9.17) is 9.72 Å². The van der Waals surface area contributed by atoms with Gasteiger partial charge in [0.15, 0.2) is 0 Å². The molecule has 0 atom stereocenters. The number of aliphatic hydroxyl groups excluding tert-OH is 1. The monoisotopic (exact) mass is 339 g/mol. The van der Waals surface area contributed by atoms with Crippen LogP contribution < -0.4 is 4.90 Å². The second-order valence-corrected chi connectivity index (χ2v) is 6.00. The number of nitrogens with zero attached hydrogens (tertiary/aromatic N) is 3. The van der Waals surface area contributed by atoms with Gasteiger partial charge in [-0.15, -0.1) is 0 Å². The Balaban J connectivity index is 1.73. The molecule has 4 rings (SSSR count). The molecule has 1 aliphatic rings. The van der Waals surface area contributed by atoms with E-state index in [-0.39, 0.29) is 12.2 Å². The largest absolute Gasteiger partial charge is 0.392 e. The van der Waals surface area contributed by atoms with Crippen LogP contribution >= 0.6 is 0 Å². The lowest BCUT2D eigenvalue weighted by Crippen LogP contribution is -2.36. The highest BCUT2D eigenvalue weighted by molar-refractivity contribution is 5.82. The Morgan fingerprint density at radius 2 is 1.80 bits per heavy atom. The van der Waals surface area contributed by atoms with Crippen LogP contribution in [0.15, 0.2) is 42.6 Å². The van der Waals surface area contributed by atoms with Crippen molar-refractivity contribution in [2.24, 2.45) is 0 Å². The number of aliphatic hydroxyl groups is 1. The minimum Gasteiger partial charge on any atom is -0.392 e. The van der Waals surface area contributed by atoms with Gasteiger partial charge in [0.25, 0.3) is 0 Å². The predicted molar refractivity (Wildman–Crippen MR) is 93.9 cm³/mol. The molecule has 0 spiro atoms. The van der Waals surface area contributed by atoms with Crippen LogP contribution in [0.25, 0.3) is 22.2 Å². The molecule has 2 aromatic carbocycles. The molecule has 0 saturated carbocycles. The number of ether oxygens (including phenoxy) is 1. The van der Waals surface area contributed by atoms with Gasteiger partial charge in [-0.25, -0.2) is 9.37 Å². The van der Waals surface area contributed by atoms with Crippen molar-refractivity contribution in [1.82, 2.24) is 9.97 Å². The smallest absolute Gasteiger partial charge is 0.148 e. The Morgan fingerprint density at radius 3 is 2.60 bits per heavy atom. The maximum Gasteiger partial charge on any atom is 0.148 e. The van der Waals surface area contributed by atoms with Crippen molar-refractivity contribution in [3.8, 4) is 11.1 Å². The number of fused-ring (bicyclic) bond motifs is 1. The van der Waals surface area contributed by atoms with E-state index in [1.54, 1.807) is 18.3 Å². The predicted octanol–water partition coefficient (Wildman–Crippen LogP) is 2.76. The highest BCUT2D eigenvalue weighted by Gasteiger charge is 2.13. The van der Waals surface area contributed by atoms with Gasteiger partial charge in [0.1, 0.15) is 11.6 Å². The first-order valence-electron chi connectivity index (χ1n) is 8.24. The van der Waals surface area contributed by atoms with Crippen LogP contribution in [0.1, 0.15) is 5.56 Å². The summed E-state index contributed by atoms with van der Waals surface area (Å²) >= 11 is 0. The van der Waals surface area contributed by atoms with Crippen molar-refractivity contribution in [3.05, 3.63) is 54.0 Å². The first-order valence-corrected chi connectivity index (χ1v) is 8.24. The molecule has 0 radical (unpaired) electrons. The van der Waals surface area contributed by atoms with E-state index in [1.807, 2.05) is 18.2 Å². The first kappa shape index (κ1) is 15.9. The molecular formula is C19H18FN3O2. The van der Waals surface area contributed by atoms with E-state index in [1.165, 1.54) is 6.07 Å². The third-order valence-electron chi connectivity index (χ3n) is 4.41. The maximum absolute atomic E-state index is 13.6. The van der Waals surface area contributed by atoms with E-state index in [0.717, 1.165) is 41.1 Å². The third-order valence-corrected chi connectivity index (χ3v) is 4.41. The molecule has 3 aromatic rings. The number of rotatable bonds is 3. The van der Waals surface area contributed by atoms with Crippen molar-refractivity contribution in [1.29, 1.82) is 0 Å². The summed E-state index contributed by atoms with van der Waals surface area (Å²) in [7, 11) is 0. The van der Waals surface area contributed by atoms with Gasteiger partial charge < -0.3 is 14.7 Å². The normalized spacial score (nSPS) is 14.9. The number of hydrogen-bond acceptors (Lipinski definition) is 5. The number of anilines is 1. The van der Waals surface area contributed by atoms with Crippen LogP contribution in [-0.4, -0.2) is 41.4 Å². The van der Waals surface area contributed by atoms with Crippen LogP contribution in [-0.2, 0) is 11.3 Å². The molecule has 0 bridgehead atoms. The van der Waals surface area contributed by atoms with Gasteiger partial charge in [-0.1, -0.05) is 12.1 Å². The lowest BCUT2D eigenvalue weighted by Gasteiger charge is -2.27. The molecule has 1 aromatic heterocycles. The average Bonchev–Trinajstić information content (AvgIpc) is 2.68. The standard InChI is InChI=1S/C19H18FN3O2/c20-16-3-1-13(9-15(16)12-24)14-2-4-17-18(10-14)22-19(11-21-17)23-5-7-25-8-6-23/h1-4,9-11,24H,5-8,12H2. The molecule has 5 nitrogen and oxygen atoms in total.